The fourth-order valence-corrected chi connectivity index (χ4v) is 2.30. The standard InChI is InChI=1S/C17H15N3O4/c1-23-11-5-3-10(4-6-11)19-20-15-13-9-12(24-2)7-8-14(13)18-16(15)17(21)22/h3-9,18H,1-2H3,(H,21,22). The third-order valence-electron chi connectivity index (χ3n) is 3.53. The maximum atomic E-state index is 11.5. The van der Waals surface area contributed by atoms with E-state index >= 15 is 0 Å². The smallest absolute Gasteiger partial charge is 0.354 e. The molecule has 3 aromatic rings. The summed E-state index contributed by atoms with van der Waals surface area (Å²) < 4.78 is 10.3. The van der Waals surface area contributed by atoms with E-state index in [1.165, 1.54) is 0 Å². The molecule has 1 aromatic heterocycles. The van der Waals surface area contributed by atoms with Gasteiger partial charge in [0.2, 0.25) is 0 Å². The molecule has 122 valence electrons. The summed E-state index contributed by atoms with van der Waals surface area (Å²) in [4.78, 5) is 14.3. The zero-order valence-electron chi connectivity index (χ0n) is 13.1. The molecule has 7 nitrogen and oxygen atoms in total. The number of azo groups is 1. The molecule has 3 rings (SSSR count). The largest absolute Gasteiger partial charge is 0.497 e. The number of hydrogen-bond donors (Lipinski definition) is 2. The van der Waals surface area contributed by atoms with Gasteiger partial charge in [0, 0.05) is 10.9 Å². The molecule has 0 aliphatic heterocycles. The van der Waals surface area contributed by atoms with Crippen LogP contribution in [0.15, 0.2) is 52.7 Å². The number of rotatable bonds is 5. The van der Waals surface area contributed by atoms with Crippen molar-refractivity contribution >= 4 is 28.2 Å². The minimum Gasteiger partial charge on any atom is -0.497 e. The molecule has 7 heteroatoms. The molecule has 0 atom stereocenters. The quantitative estimate of drug-likeness (QED) is 0.684. The van der Waals surface area contributed by atoms with Crippen LogP contribution in [0.5, 0.6) is 11.5 Å². The second-order valence-corrected chi connectivity index (χ2v) is 4.96. The topological polar surface area (TPSA) is 96.3 Å². The molecule has 0 aliphatic rings. The highest BCUT2D eigenvalue weighted by atomic mass is 16.5. The van der Waals surface area contributed by atoms with Gasteiger partial charge < -0.3 is 19.6 Å². The Hall–Kier alpha value is -3.35. The average molecular weight is 325 g/mol. The predicted octanol–water partition coefficient (Wildman–Crippen LogP) is 4.30. The van der Waals surface area contributed by atoms with Crippen LogP contribution < -0.4 is 9.47 Å². The molecule has 0 unspecified atom stereocenters. The first kappa shape index (κ1) is 15.5. The van der Waals surface area contributed by atoms with Crippen LogP contribution in [0.3, 0.4) is 0 Å². The van der Waals surface area contributed by atoms with E-state index in [0.29, 0.717) is 28.1 Å². The number of nitrogens with one attached hydrogen (secondary N) is 1. The minimum atomic E-state index is -1.10. The van der Waals surface area contributed by atoms with Gasteiger partial charge in [-0.25, -0.2) is 4.79 Å². The lowest BCUT2D eigenvalue weighted by Crippen LogP contribution is -1.95. The maximum Gasteiger partial charge on any atom is 0.354 e. The lowest BCUT2D eigenvalue weighted by Gasteiger charge is -2.00. The van der Waals surface area contributed by atoms with Gasteiger partial charge in [-0.15, -0.1) is 5.11 Å². The van der Waals surface area contributed by atoms with Gasteiger partial charge in [0.1, 0.15) is 17.2 Å². The summed E-state index contributed by atoms with van der Waals surface area (Å²) in [5.74, 6) is 0.213. The van der Waals surface area contributed by atoms with Crippen LogP contribution in [0.2, 0.25) is 0 Å². The average Bonchev–Trinajstić information content (AvgIpc) is 2.98. The molecule has 0 saturated carbocycles. The first-order chi connectivity index (χ1) is 11.6. The number of aromatic carboxylic acids is 1. The van der Waals surface area contributed by atoms with Crippen molar-refractivity contribution in [2.24, 2.45) is 10.2 Å². The number of carboxylic acid groups (broad SMARTS) is 1. The summed E-state index contributed by atoms with van der Waals surface area (Å²) in [5, 5.41) is 18.3. The summed E-state index contributed by atoms with van der Waals surface area (Å²) >= 11 is 0. The van der Waals surface area contributed by atoms with Gasteiger partial charge in [-0.3, -0.25) is 0 Å². The number of ether oxygens (including phenoxy) is 2. The monoisotopic (exact) mass is 325 g/mol. The Kier molecular flexibility index (Phi) is 4.15. The van der Waals surface area contributed by atoms with Gasteiger partial charge in [0.05, 0.1) is 19.9 Å². The highest BCUT2D eigenvalue weighted by Crippen LogP contribution is 2.34. The van der Waals surface area contributed by atoms with Crippen LogP contribution >= 0.6 is 0 Å². The fourth-order valence-electron chi connectivity index (χ4n) is 2.30. The second kappa shape index (κ2) is 6.41. The van der Waals surface area contributed by atoms with Gasteiger partial charge in [-0.05, 0) is 42.5 Å². The molecule has 24 heavy (non-hydrogen) atoms. The van der Waals surface area contributed by atoms with Crippen molar-refractivity contribution in [1.29, 1.82) is 0 Å². The molecule has 2 N–H and O–H groups in total. The zero-order chi connectivity index (χ0) is 17.1. The minimum absolute atomic E-state index is 0.0180. The van der Waals surface area contributed by atoms with E-state index in [9.17, 15) is 9.90 Å². The highest BCUT2D eigenvalue weighted by Gasteiger charge is 2.17. The van der Waals surface area contributed by atoms with E-state index in [1.807, 2.05) is 0 Å². The second-order valence-electron chi connectivity index (χ2n) is 4.96. The molecular formula is C17H15N3O4. The predicted molar refractivity (Wildman–Crippen MR) is 89.0 cm³/mol. The van der Waals surface area contributed by atoms with Crippen molar-refractivity contribution < 1.29 is 19.4 Å². The van der Waals surface area contributed by atoms with Crippen molar-refractivity contribution in [2.45, 2.75) is 0 Å². The molecule has 0 amide bonds. The lowest BCUT2D eigenvalue weighted by molar-refractivity contribution is 0.0692. The van der Waals surface area contributed by atoms with Crippen molar-refractivity contribution in [1.82, 2.24) is 4.98 Å². The van der Waals surface area contributed by atoms with Gasteiger partial charge in [0.15, 0.2) is 5.69 Å². The Morgan fingerprint density at radius 3 is 2.29 bits per heavy atom. The van der Waals surface area contributed by atoms with E-state index in [1.54, 1.807) is 56.7 Å². The van der Waals surface area contributed by atoms with Gasteiger partial charge >= 0.3 is 5.97 Å². The third-order valence-corrected chi connectivity index (χ3v) is 3.53. The highest BCUT2D eigenvalue weighted by molar-refractivity contribution is 6.04. The number of carboxylic acids is 1. The third kappa shape index (κ3) is 2.91. The number of fused-ring (bicyclic) bond motifs is 1. The van der Waals surface area contributed by atoms with E-state index in [0.717, 1.165) is 0 Å². The van der Waals surface area contributed by atoms with Gasteiger partial charge in [-0.1, -0.05) is 0 Å². The Labute approximate surface area is 137 Å². The molecule has 0 spiro atoms. The van der Waals surface area contributed by atoms with Crippen LogP contribution in [0.25, 0.3) is 10.9 Å². The molecule has 0 aliphatic carbocycles. The lowest BCUT2D eigenvalue weighted by atomic mass is 10.2. The number of hydrogen-bond acceptors (Lipinski definition) is 5. The first-order valence-corrected chi connectivity index (χ1v) is 7.11. The normalized spacial score (nSPS) is 11.1. The molecule has 0 bridgehead atoms. The zero-order valence-corrected chi connectivity index (χ0v) is 13.1. The van der Waals surface area contributed by atoms with Crippen molar-refractivity contribution in [3.05, 3.63) is 48.2 Å². The van der Waals surface area contributed by atoms with Gasteiger partial charge in [0.25, 0.3) is 0 Å². The van der Waals surface area contributed by atoms with E-state index < -0.39 is 5.97 Å². The van der Waals surface area contributed by atoms with Gasteiger partial charge in [-0.2, -0.15) is 5.11 Å². The molecule has 0 fully saturated rings. The Bertz CT molecular complexity index is 913. The van der Waals surface area contributed by atoms with E-state index in [2.05, 4.69) is 15.2 Å². The summed E-state index contributed by atoms with van der Waals surface area (Å²) in [6.07, 6.45) is 0. The van der Waals surface area contributed by atoms with Crippen molar-refractivity contribution in [3.63, 3.8) is 0 Å². The van der Waals surface area contributed by atoms with Crippen LogP contribution in [0.1, 0.15) is 10.5 Å². The Morgan fingerprint density at radius 2 is 1.67 bits per heavy atom. The van der Waals surface area contributed by atoms with E-state index in [4.69, 9.17) is 9.47 Å². The van der Waals surface area contributed by atoms with E-state index in [-0.39, 0.29) is 11.4 Å². The summed E-state index contributed by atoms with van der Waals surface area (Å²) in [5.41, 5.74) is 1.48. The summed E-state index contributed by atoms with van der Waals surface area (Å²) in [7, 11) is 3.12. The summed E-state index contributed by atoms with van der Waals surface area (Å²) in [6.45, 7) is 0. The Morgan fingerprint density at radius 1 is 1.00 bits per heavy atom. The number of aromatic amines is 1. The Balaban J connectivity index is 2.06. The molecule has 2 aromatic carbocycles. The SMILES string of the molecule is COc1ccc(N=Nc2c(C(=O)O)[nH]c3ccc(OC)cc23)cc1. The number of nitrogens with zero attached hydrogens (tertiary/aromatic N) is 2. The summed E-state index contributed by atoms with van der Waals surface area (Å²) in [6, 6.07) is 12.2. The van der Waals surface area contributed by atoms with Crippen LogP contribution in [-0.2, 0) is 0 Å². The van der Waals surface area contributed by atoms with Crippen LogP contribution in [-0.4, -0.2) is 30.3 Å². The number of carbonyl (C=O) groups is 1. The first-order valence-electron chi connectivity index (χ1n) is 7.11. The maximum absolute atomic E-state index is 11.5. The van der Waals surface area contributed by atoms with Crippen LogP contribution in [0, 0.1) is 0 Å². The van der Waals surface area contributed by atoms with Crippen molar-refractivity contribution in [2.75, 3.05) is 14.2 Å². The molecule has 1 heterocycles. The van der Waals surface area contributed by atoms with Crippen LogP contribution in [0.4, 0.5) is 11.4 Å². The molecule has 0 saturated heterocycles. The molecule has 0 radical (unpaired) electrons. The number of aromatic nitrogens is 1. The molecular weight excluding hydrogens is 310 g/mol. The number of methoxy groups -OCH3 is 2. The number of benzene rings is 2. The number of H-pyrrole nitrogens is 1. The fraction of sp³-hybridized carbons (Fsp3) is 0.118. The van der Waals surface area contributed by atoms with Crippen molar-refractivity contribution in [3.8, 4) is 11.5 Å².